The smallest absolute Gasteiger partial charge is 0.191 e. The van der Waals surface area contributed by atoms with Gasteiger partial charge in [-0.2, -0.15) is 0 Å². The van der Waals surface area contributed by atoms with E-state index in [1.165, 1.54) is 5.56 Å². The van der Waals surface area contributed by atoms with Crippen molar-refractivity contribution < 1.29 is 4.74 Å². The minimum atomic E-state index is 0. The second-order valence-electron chi connectivity index (χ2n) is 6.53. The van der Waals surface area contributed by atoms with E-state index >= 15 is 0 Å². The van der Waals surface area contributed by atoms with Gasteiger partial charge >= 0.3 is 0 Å². The molecule has 138 valence electrons. The first-order chi connectivity index (χ1) is 10.9. The molecule has 0 spiro atoms. The Morgan fingerprint density at radius 1 is 1.08 bits per heavy atom. The van der Waals surface area contributed by atoms with Gasteiger partial charge in [0.15, 0.2) is 5.96 Å². The number of rotatable bonds is 8. The molecule has 0 radical (unpaired) electrons. The fourth-order valence-electron chi connectivity index (χ4n) is 1.91. The Balaban J connectivity index is 0.00000529. The van der Waals surface area contributed by atoms with E-state index in [2.05, 4.69) is 67.7 Å². The number of guanidine groups is 1. The molecule has 6 heteroatoms. The van der Waals surface area contributed by atoms with Crippen LogP contribution in [0.5, 0.6) is 5.75 Å². The third kappa shape index (κ3) is 11.5. The third-order valence-corrected chi connectivity index (χ3v) is 3.07. The minimum absolute atomic E-state index is 0. The van der Waals surface area contributed by atoms with Gasteiger partial charge in [0.05, 0.1) is 13.1 Å². The van der Waals surface area contributed by atoms with Crippen molar-refractivity contribution in [3.05, 3.63) is 29.8 Å². The number of nitrogens with one attached hydrogen (secondary N) is 3. The first-order valence-corrected chi connectivity index (χ1v) is 8.37. The Morgan fingerprint density at radius 2 is 1.75 bits per heavy atom. The molecule has 3 N–H and O–H groups in total. The number of nitrogens with zero attached hydrogens (tertiary/aromatic N) is 1. The number of hydrogen-bond donors (Lipinski definition) is 3. The number of hydrogen-bond acceptors (Lipinski definition) is 3. The van der Waals surface area contributed by atoms with Crippen molar-refractivity contribution in [3.8, 4) is 5.75 Å². The van der Waals surface area contributed by atoms with Gasteiger partial charge in [0.1, 0.15) is 12.4 Å². The first-order valence-electron chi connectivity index (χ1n) is 8.37. The summed E-state index contributed by atoms with van der Waals surface area (Å²) in [4.78, 5) is 4.55. The van der Waals surface area contributed by atoms with Crippen LogP contribution in [0.1, 0.15) is 33.3 Å². The summed E-state index contributed by atoms with van der Waals surface area (Å²) >= 11 is 0. The monoisotopic (exact) mass is 448 g/mol. The molecule has 1 rings (SSSR count). The van der Waals surface area contributed by atoms with Crippen molar-refractivity contribution in [2.45, 2.75) is 40.2 Å². The van der Waals surface area contributed by atoms with Gasteiger partial charge in [0.25, 0.3) is 0 Å². The molecular formula is C18H33IN4O. The molecule has 0 bridgehead atoms. The Hall–Kier alpha value is -1.02. The maximum absolute atomic E-state index is 5.70. The average Bonchev–Trinajstić information content (AvgIpc) is 2.48. The number of aliphatic imine (C=N–C) groups is 1. The largest absolute Gasteiger partial charge is 0.492 e. The number of ether oxygens (including phenoxy) is 1. The van der Waals surface area contributed by atoms with Crippen molar-refractivity contribution in [1.29, 1.82) is 0 Å². The molecule has 0 heterocycles. The normalized spacial score (nSPS) is 11.6. The summed E-state index contributed by atoms with van der Waals surface area (Å²) in [6.07, 6.45) is 0. The summed E-state index contributed by atoms with van der Waals surface area (Å²) in [6, 6.07) is 8.09. The van der Waals surface area contributed by atoms with Crippen LogP contribution in [-0.2, 0) is 0 Å². The molecule has 0 aromatic heterocycles. The van der Waals surface area contributed by atoms with Gasteiger partial charge in [-0.25, -0.2) is 0 Å². The minimum Gasteiger partial charge on any atom is -0.492 e. The van der Waals surface area contributed by atoms with Crippen molar-refractivity contribution in [2.75, 3.05) is 32.8 Å². The maximum atomic E-state index is 5.70. The van der Waals surface area contributed by atoms with E-state index in [0.717, 1.165) is 31.3 Å². The lowest BCUT2D eigenvalue weighted by atomic mass is 10.1. The molecule has 0 aliphatic heterocycles. The summed E-state index contributed by atoms with van der Waals surface area (Å²) in [5.41, 5.74) is 1.37. The fourth-order valence-corrected chi connectivity index (χ4v) is 1.91. The van der Waals surface area contributed by atoms with E-state index in [9.17, 15) is 0 Å². The highest BCUT2D eigenvalue weighted by molar-refractivity contribution is 14.0. The van der Waals surface area contributed by atoms with Crippen LogP contribution in [0.3, 0.4) is 0 Å². The molecule has 0 atom stereocenters. The van der Waals surface area contributed by atoms with Gasteiger partial charge in [-0.15, -0.1) is 24.0 Å². The summed E-state index contributed by atoms with van der Waals surface area (Å²) in [6.45, 7) is 14.4. The van der Waals surface area contributed by atoms with Crippen LogP contribution in [0.2, 0.25) is 0 Å². The molecule has 24 heavy (non-hydrogen) atoms. The van der Waals surface area contributed by atoms with Gasteiger partial charge in [0.2, 0.25) is 0 Å². The van der Waals surface area contributed by atoms with Gasteiger partial charge in [-0.3, -0.25) is 4.99 Å². The molecule has 0 saturated carbocycles. The molecule has 0 aliphatic rings. The van der Waals surface area contributed by atoms with Crippen LogP contribution in [0.25, 0.3) is 0 Å². The predicted octanol–water partition coefficient (Wildman–Crippen LogP) is 2.94. The van der Waals surface area contributed by atoms with Gasteiger partial charge < -0.3 is 20.7 Å². The zero-order valence-corrected chi connectivity index (χ0v) is 17.9. The summed E-state index contributed by atoms with van der Waals surface area (Å²) < 4.78 is 5.70. The van der Waals surface area contributed by atoms with Crippen molar-refractivity contribution >= 4 is 29.9 Å². The topological polar surface area (TPSA) is 57.7 Å². The number of benzene rings is 1. The average molecular weight is 448 g/mol. The van der Waals surface area contributed by atoms with Gasteiger partial charge in [0, 0.05) is 18.6 Å². The van der Waals surface area contributed by atoms with Crippen molar-refractivity contribution in [3.63, 3.8) is 0 Å². The maximum Gasteiger partial charge on any atom is 0.191 e. The molecule has 1 aromatic rings. The second kappa shape index (κ2) is 12.4. The standard InChI is InChI=1S/C18H32N4O.HI/c1-6-19-17(20-11-12-22-18(3,4)5)21-13-14-23-16-9-7-15(2)8-10-16;/h7-10,22H,6,11-14H2,1-5H3,(H2,19,20,21);1H. The quantitative estimate of drug-likeness (QED) is 0.248. The second-order valence-corrected chi connectivity index (χ2v) is 6.53. The summed E-state index contributed by atoms with van der Waals surface area (Å²) in [5, 5.41) is 9.95. The molecule has 0 unspecified atom stereocenters. The van der Waals surface area contributed by atoms with Crippen LogP contribution in [0, 0.1) is 6.92 Å². The van der Waals surface area contributed by atoms with Gasteiger partial charge in [-0.1, -0.05) is 17.7 Å². The lowest BCUT2D eigenvalue weighted by Crippen LogP contribution is -2.41. The Labute approximate surface area is 164 Å². The van der Waals surface area contributed by atoms with Crippen molar-refractivity contribution in [2.24, 2.45) is 4.99 Å². The van der Waals surface area contributed by atoms with Crippen LogP contribution in [-0.4, -0.2) is 44.3 Å². The van der Waals surface area contributed by atoms with Crippen LogP contribution >= 0.6 is 24.0 Å². The molecule has 1 aromatic carbocycles. The molecule has 5 nitrogen and oxygen atoms in total. The Morgan fingerprint density at radius 3 is 2.33 bits per heavy atom. The summed E-state index contributed by atoms with van der Waals surface area (Å²) in [7, 11) is 0. The highest BCUT2D eigenvalue weighted by Gasteiger charge is 2.07. The van der Waals surface area contributed by atoms with Crippen LogP contribution in [0.4, 0.5) is 0 Å². The highest BCUT2D eigenvalue weighted by Crippen LogP contribution is 2.10. The van der Waals surface area contributed by atoms with E-state index in [4.69, 9.17) is 4.74 Å². The van der Waals surface area contributed by atoms with E-state index in [-0.39, 0.29) is 29.5 Å². The van der Waals surface area contributed by atoms with Crippen molar-refractivity contribution in [1.82, 2.24) is 16.0 Å². The number of halogens is 1. The zero-order valence-electron chi connectivity index (χ0n) is 15.6. The number of aryl methyl sites for hydroxylation is 1. The molecular weight excluding hydrogens is 415 g/mol. The van der Waals surface area contributed by atoms with E-state index in [1.54, 1.807) is 0 Å². The SMILES string of the molecule is CCNC(=NCCNC(C)(C)C)NCCOc1ccc(C)cc1.I. The highest BCUT2D eigenvalue weighted by atomic mass is 127. The predicted molar refractivity (Wildman–Crippen MR) is 114 cm³/mol. The van der Waals surface area contributed by atoms with Gasteiger partial charge in [-0.05, 0) is 46.8 Å². The molecule has 0 saturated heterocycles. The molecule has 0 aliphatic carbocycles. The van der Waals surface area contributed by atoms with E-state index in [0.29, 0.717) is 13.2 Å². The Kier molecular flexibility index (Phi) is 11.8. The lowest BCUT2D eigenvalue weighted by molar-refractivity contribution is 0.322. The third-order valence-electron chi connectivity index (χ3n) is 3.07. The van der Waals surface area contributed by atoms with E-state index in [1.807, 2.05) is 12.1 Å². The van der Waals surface area contributed by atoms with E-state index < -0.39 is 0 Å². The zero-order chi connectivity index (χ0) is 17.1. The van der Waals surface area contributed by atoms with Crippen LogP contribution < -0.4 is 20.7 Å². The Bertz CT molecular complexity index is 469. The lowest BCUT2D eigenvalue weighted by Gasteiger charge is -2.20. The first kappa shape index (κ1) is 23.0. The molecule has 0 amide bonds. The molecule has 0 fully saturated rings. The van der Waals surface area contributed by atoms with Crippen LogP contribution in [0.15, 0.2) is 29.3 Å². The fraction of sp³-hybridized carbons (Fsp3) is 0.611. The summed E-state index contributed by atoms with van der Waals surface area (Å²) in [5.74, 6) is 1.73.